The van der Waals surface area contributed by atoms with Crippen molar-refractivity contribution in [1.82, 2.24) is 9.97 Å². The number of para-hydroxylation sites is 2. The molecule has 5 rings (SSSR count). The molecule has 0 atom stereocenters. The number of anilines is 1. The standard InChI is InChI=1S/C25H19N3O6/c29-22(26-15-10-11-19-20(12-15)28-25(31)27-19)14-33-24(30)23-18(13-32-16-6-2-1-3-7-16)17-8-4-5-9-21(17)34-23/h1-12H,13-14H2,(H,26,29)(H2,27,28,31). The van der Waals surface area contributed by atoms with Crippen LogP contribution in [0.5, 0.6) is 5.75 Å². The number of hydrogen-bond acceptors (Lipinski definition) is 6. The topological polar surface area (TPSA) is 126 Å². The van der Waals surface area contributed by atoms with Crippen LogP contribution in [-0.4, -0.2) is 28.5 Å². The van der Waals surface area contributed by atoms with Crippen molar-refractivity contribution >= 4 is 39.6 Å². The van der Waals surface area contributed by atoms with Gasteiger partial charge in [0.15, 0.2) is 6.61 Å². The molecule has 2 heterocycles. The molecule has 0 saturated carbocycles. The average molecular weight is 457 g/mol. The number of carbonyl (C=O) groups excluding carboxylic acids is 2. The Morgan fingerprint density at radius 1 is 0.912 bits per heavy atom. The smallest absolute Gasteiger partial charge is 0.375 e. The number of aromatic nitrogens is 2. The first-order valence-electron chi connectivity index (χ1n) is 10.4. The van der Waals surface area contributed by atoms with Gasteiger partial charge in [-0.2, -0.15) is 0 Å². The van der Waals surface area contributed by atoms with E-state index in [1.807, 2.05) is 42.5 Å². The number of ether oxygens (including phenoxy) is 2. The maximum Gasteiger partial charge on any atom is 0.375 e. The second-order valence-electron chi connectivity index (χ2n) is 7.47. The first-order chi connectivity index (χ1) is 16.6. The highest BCUT2D eigenvalue weighted by Crippen LogP contribution is 2.28. The number of hydrogen-bond donors (Lipinski definition) is 3. The fourth-order valence-electron chi connectivity index (χ4n) is 3.58. The third kappa shape index (κ3) is 4.40. The minimum absolute atomic E-state index is 0.0174. The van der Waals surface area contributed by atoms with Crippen molar-refractivity contribution in [3.63, 3.8) is 0 Å². The van der Waals surface area contributed by atoms with Crippen LogP contribution >= 0.6 is 0 Å². The quantitative estimate of drug-likeness (QED) is 0.317. The number of nitrogens with one attached hydrogen (secondary N) is 3. The molecule has 0 radical (unpaired) electrons. The second kappa shape index (κ2) is 8.99. The van der Waals surface area contributed by atoms with Crippen LogP contribution in [0.4, 0.5) is 5.69 Å². The van der Waals surface area contributed by atoms with Gasteiger partial charge in [-0.1, -0.05) is 36.4 Å². The highest BCUT2D eigenvalue weighted by molar-refractivity contribution is 5.99. The van der Waals surface area contributed by atoms with Crippen molar-refractivity contribution in [2.45, 2.75) is 6.61 Å². The van der Waals surface area contributed by atoms with Gasteiger partial charge in [0.1, 0.15) is 17.9 Å². The Morgan fingerprint density at radius 2 is 1.68 bits per heavy atom. The van der Waals surface area contributed by atoms with E-state index in [0.717, 1.165) is 5.39 Å². The molecule has 0 aliphatic carbocycles. The molecule has 170 valence electrons. The normalized spacial score (nSPS) is 10.9. The molecule has 0 unspecified atom stereocenters. The number of amides is 1. The van der Waals surface area contributed by atoms with Crippen LogP contribution in [0.2, 0.25) is 0 Å². The molecular weight excluding hydrogens is 438 g/mol. The van der Waals surface area contributed by atoms with Crippen LogP contribution < -0.4 is 15.7 Å². The summed E-state index contributed by atoms with van der Waals surface area (Å²) in [5.41, 5.74) is 2.32. The molecule has 5 aromatic rings. The maximum atomic E-state index is 12.8. The summed E-state index contributed by atoms with van der Waals surface area (Å²) in [6, 6.07) is 21.3. The monoisotopic (exact) mass is 457 g/mol. The molecule has 9 nitrogen and oxygen atoms in total. The van der Waals surface area contributed by atoms with E-state index in [1.165, 1.54) is 0 Å². The molecule has 3 N–H and O–H groups in total. The SMILES string of the molecule is O=C(COC(=O)c1oc2ccccc2c1COc1ccccc1)Nc1ccc2[nH]c(=O)[nH]c2c1. The molecule has 1 amide bonds. The maximum absolute atomic E-state index is 12.8. The van der Waals surface area contributed by atoms with Gasteiger partial charge >= 0.3 is 11.7 Å². The Morgan fingerprint density at radius 3 is 2.53 bits per heavy atom. The zero-order valence-corrected chi connectivity index (χ0v) is 17.8. The van der Waals surface area contributed by atoms with Gasteiger partial charge in [0.05, 0.1) is 16.6 Å². The third-order valence-electron chi connectivity index (χ3n) is 5.14. The van der Waals surface area contributed by atoms with Crippen LogP contribution in [0.1, 0.15) is 16.1 Å². The van der Waals surface area contributed by atoms with E-state index in [-0.39, 0.29) is 18.1 Å². The van der Waals surface area contributed by atoms with Gasteiger partial charge in [0.2, 0.25) is 5.76 Å². The molecular formula is C25H19N3O6. The number of furan rings is 1. The van der Waals surface area contributed by atoms with Gasteiger partial charge in [-0.05, 0) is 36.4 Å². The lowest BCUT2D eigenvalue weighted by Crippen LogP contribution is -2.21. The average Bonchev–Trinajstić information content (AvgIpc) is 3.41. The summed E-state index contributed by atoms with van der Waals surface area (Å²) in [6.07, 6.45) is 0. The number of imidazole rings is 1. The molecule has 9 heteroatoms. The molecule has 0 saturated heterocycles. The summed E-state index contributed by atoms with van der Waals surface area (Å²) in [4.78, 5) is 41.7. The summed E-state index contributed by atoms with van der Waals surface area (Å²) in [5, 5.41) is 3.36. The highest BCUT2D eigenvalue weighted by atomic mass is 16.5. The van der Waals surface area contributed by atoms with Crippen LogP contribution in [0.3, 0.4) is 0 Å². The van der Waals surface area contributed by atoms with Crippen molar-refractivity contribution in [1.29, 1.82) is 0 Å². The van der Waals surface area contributed by atoms with Crippen molar-refractivity contribution < 1.29 is 23.5 Å². The van der Waals surface area contributed by atoms with Gasteiger partial charge in [-0.15, -0.1) is 0 Å². The Hall–Kier alpha value is -4.79. The van der Waals surface area contributed by atoms with Crippen molar-refractivity contribution in [3.8, 4) is 5.75 Å². The molecule has 0 bridgehead atoms. The molecule has 2 aromatic heterocycles. The summed E-state index contributed by atoms with van der Waals surface area (Å²) in [6.45, 7) is -0.427. The van der Waals surface area contributed by atoms with Gasteiger partial charge in [-0.3, -0.25) is 4.79 Å². The molecule has 0 aliphatic rings. The summed E-state index contributed by atoms with van der Waals surface area (Å²) >= 11 is 0. The second-order valence-corrected chi connectivity index (χ2v) is 7.47. The number of esters is 1. The van der Waals surface area contributed by atoms with Crippen molar-refractivity contribution in [2.24, 2.45) is 0 Å². The fourth-order valence-corrected chi connectivity index (χ4v) is 3.58. The zero-order valence-electron chi connectivity index (χ0n) is 17.8. The lowest BCUT2D eigenvalue weighted by molar-refractivity contribution is -0.119. The zero-order chi connectivity index (χ0) is 23.5. The van der Waals surface area contributed by atoms with E-state index in [1.54, 1.807) is 30.3 Å². The number of rotatable bonds is 7. The van der Waals surface area contributed by atoms with Crippen LogP contribution in [0.15, 0.2) is 82.0 Å². The number of benzene rings is 3. The molecule has 0 fully saturated rings. The number of carbonyl (C=O) groups is 2. The molecule has 0 aliphatic heterocycles. The highest BCUT2D eigenvalue weighted by Gasteiger charge is 2.23. The van der Waals surface area contributed by atoms with E-state index in [9.17, 15) is 14.4 Å². The Labute approximate surface area is 192 Å². The largest absolute Gasteiger partial charge is 0.489 e. The van der Waals surface area contributed by atoms with E-state index < -0.39 is 18.5 Å². The van der Waals surface area contributed by atoms with Crippen LogP contribution in [-0.2, 0) is 16.1 Å². The predicted molar refractivity (Wildman–Crippen MR) is 125 cm³/mol. The van der Waals surface area contributed by atoms with Gasteiger partial charge in [0, 0.05) is 11.1 Å². The van der Waals surface area contributed by atoms with E-state index in [4.69, 9.17) is 13.9 Å². The summed E-state index contributed by atoms with van der Waals surface area (Å²) < 4.78 is 16.8. The van der Waals surface area contributed by atoms with Crippen LogP contribution in [0, 0.1) is 0 Å². The third-order valence-corrected chi connectivity index (χ3v) is 5.14. The fraction of sp³-hybridized carbons (Fsp3) is 0.0800. The lowest BCUT2D eigenvalue weighted by atomic mass is 10.1. The van der Waals surface area contributed by atoms with Crippen molar-refractivity contribution in [2.75, 3.05) is 11.9 Å². The Bertz CT molecular complexity index is 1550. The number of fused-ring (bicyclic) bond motifs is 2. The Kier molecular flexibility index (Phi) is 5.57. The van der Waals surface area contributed by atoms with E-state index >= 15 is 0 Å². The molecule has 3 aromatic carbocycles. The first kappa shape index (κ1) is 21.1. The van der Waals surface area contributed by atoms with Crippen molar-refractivity contribution in [3.05, 3.63) is 94.6 Å². The van der Waals surface area contributed by atoms with Gasteiger partial charge in [-0.25, -0.2) is 9.59 Å². The van der Waals surface area contributed by atoms with Crippen LogP contribution in [0.25, 0.3) is 22.0 Å². The number of aromatic amines is 2. The van der Waals surface area contributed by atoms with Gasteiger partial charge in [0.25, 0.3) is 5.91 Å². The Balaban J connectivity index is 1.28. The lowest BCUT2D eigenvalue weighted by Gasteiger charge is -2.08. The number of H-pyrrole nitrogens is 2. The van der Waals surface area contributed by atoms with E-state index in [0.29, 0.717) is 33.6 Å². The molecule has 34 heavy (non-hydrogen) atoms. The summed E-state index contributed by atoms with van der Waals surface area (Å²) in [5.74, 6) is -0.685. The van der Waals surface area contributed by atoms with E-state index in [2.05, 4.69) is 15.3 Å². The summed E-state index contributed by atoms with van der Waals surface area (Å²) in [7, 11) is 0. The van der Waals surface area contributed by atoms with Gasteiger partial charge < -0.3 is 29.2 Å². The minimum Gasteiger partial charge on any atom is -0.489 e. The molecule has 0 spiro atoms. The predicted octanol–water partition coefficient (Wildman–Crippen LogP) is 3.98. The minimum atomic E-state index is -0.775. The first-order valence-corrected chi connectivity index (χ1v) is 10.4.